The fraction of sp³-hybridized carbons (Fsp3) is 0.353. The first-order valence-electron chi connectivity index (χ1n) is 7.25. The van der Waals surface area contributed by atoms with Crippen LogP contribution in [0.4, 0.5) is 11.6 Å². The Morgan fingerprint density at radius 2 is 1.68 bits per heavy atom. The highest BCUT2D eigenvalue weighted by Gasteiger charge is 2.15. The number of aromatic nitrogens is 2. The van der Waals surface area contributed by atoms with Gasteiger partial charge in [0, 0.05) is 28.2 Å². The molecule has 0 aliphatic rings. The number of hydrogen-bond donors (Lipinski definition) is 2. The first-order valence-corrected chi connectivity index (χ1v) is 7.25. The van der Waals surface area contributed by atoms with Crippen LogP contribution in [0.15, 0.2) is 30.3 Å². The zero-order valence-corrected chi connectivity index (χ0v) is 13.7. The molecule has 0 unspecified atom stereocenters. The topological polar surface area (TPSA) is 66.9 Å². The Bertz CT molecular complexity index is 669. The number of anilines is 2. The van der Waals surface area contributed by atoms with Crippen molar-refractivity contribution in [3.8, 4) is 0 Å². The molecule has 5 heteroatoms. The van der Waals surface area contributed by atoms with Gasteiger partial charge >= 0.3 is 0 Å². The maximum absolute atomic E-state index is 12.2. The highest BCUT2D eigenvalue weighted by Crippen LogP contribution is 2.16. The van der Waals surface area contributed by atoms with Gasteiger partial charge in [-0.2, -0.15) is 0 Å². The molecule has 2 N–H and O–H groups in total. The predicted octanol–water partition coefficient (Wildman–Crippen LogP) is 3.37. The Kier molecular flexibility index (Phi) is 4.45. The smallest absolute Gasteiger partial charge is 0.251 e. The van der Waals surface area contributed by atoms with Gasteiger partial charge in [-0.05, 0) is 58.9 Å². The van der Waals surface area contributed by atoms with E-state index >= 15 is 0 Å². The number of amides is 1. The minimum Gasteiger partial charge on any atom is -0.347 e. The van der Waals surface area contributed by atoms with E-state index in [4.69, 9.17) is 0 Å². The summed E-state index contributed by atoms with van der Waals surface area (Å²) in [5.41, 5.74) is 2.92. The summed E-state index contributed by atoms with van der Waals surface area (Å²) in [5.74, 6) is 0.434. The molecule has 0 spiro atoms. The summed E-state index contributed by atoms with van der Waals surface area (Å²) in [6, 6.07) is 9.21. The third-order valence-corrected chi connectivity index (χ3v) is 2.85. The van der Waals surface area contributed by atoms with Crippen molar-refractivity contribution < 1.29 is 4.79 Å². The van der Waals surface area contributed by atoms with Gasteiger partial charge in [0.05, 0.1) is 0 Å². The van der Waals surface area contributed by atoms with Crippen LogP contribution in [0.3, 0.4) is 0 Å². The zero-order chi connectivity index (χ0) is 16.3. The van der Waals surface area contributed by atoms with E-state index in [1.54, 1.807) is 12.1 Å². The number of carbonyl (C=O) groups is 1. The minimum atomic E-state index is -0.267. The molecule has 0 atom stereocenters. The van der Waals surface area contributed by atoms with Crippen molar-refractivity contribution in [1.82, 2.24) is 15.3 Å². The van der Waals surface area contributed by atoms with Crippen LogP contribution in [0.1, 0.15) is 42.5 Å². The molecule has 5 nitrogen and oxygen atoms in total. The maximum Gasteiger partial charge on any atom is 0.251 e. The maximum atomic E-state index is 12.2. The minimum absolute atomic E-state index is 0.0995. The van der Waals surface area contributed by atoms with Crippen molar-refractivity contribution in [1.29, 1.82) is 0 Å². The second kappa shape index (κ2) is 6.13. The Labute approximate surface area is 131 Å². The summed E-state index contributed by atoms with van der Waals surface area (Å²) in [6.45, 7) is 9.71. The van der Waals surface area contributed by atoms with E-state index in [0.29, 0.717) is 11.5 Å². The van der Waals surface area contributed by atoms with Gasteiger partial charge in [0.15, 0.2) is 0 Å². The predicted molar refractivity (Wildman–Crippen MR) is 88.4 cm³/mol. The van der Waals surface area contributed by atoms with Crippen molar-refractivity contribution in [2.24, 2.45) is 0 Å². The molecule has 1 amide bonds. The summed E-state index contributed by atoms with van der Waals surface area (Å²) in [6.07, 6.45) is 0. The van der Waals surface area contributed by atoms with Crippen LogP contribution in [-0.4, -0.2) is 21.4 Å². The average molecular weight is 298 g/mol. The van der Waals surface area contributed by atoms with Gasteiger partial charge in [0.25, 0.3) is 5.91 Å². The summed E-state index contributed by atoms with van der Waals surface area (Å²) in [4.78, 5) is 20.9. The molecule has 0 bridgehead atoms. The largest absolute Gasteiger partial charge is 0.347 e. The van der Waals surface area contributed by atoms with Crippen LogP contribution in [0.5, 0.6) is 0 Å². The van der Waals surface area contributed by atoms with Crippen LogP contribution >= 0.6 is 0 Å². The number of nitrogens with one attached hydrogen (secondary N) is 2. The lowest BCUT2D eigenvalue weighted by molar-refractivity contribution is 0.0919. The van der Waals surface area contributed by atoms with E-state index in [1.807, 2.05) is 52.8 Å². The second-order valence-corrected chi connectivity index (χ2v) is 6.38. The van der Waals surface area contributed by atoms with Crippen molar-refractivity contribution in [2.75, 3.05) is 5.32 Å². The van der Waals surface area contributed by atoms with E-state index < -0.39 is 0 Å². The SMILES string of the molecule is Cc1cc(C)nc(Nc2cccc(C(=O)NC(C)(C)C)c2)n1. The Balaban J connectivity index is 2.19. The molecule has 1 aromatic carbocycles. The van der Waals surface area contributed by atoms with Crippen LogP contribution in [0.25, 0.3) is 0 Å². The van der Waals surface area contributed by atoms with Gasteiger partial charge in [-0.1, -0.05) is 6.07 Å². The lowest BCUT2D eigenvalue weighted by atomic mass is 10.1. The van der Waals surface area contributed by atoms with Gasteiger partial charge in [-0.3, -0.25) is 4.79 Å². The number of benzene rings is 1. The number of rotatable bonds is 3. The number of carbonyl (C=O) groups excluding carboxylic acids is 1. The molecule has 0 aliphatic carbocycles. The first kappa shape index (κ1) is 15.9. The number of nitrogens with zero attached hydrogens (tertiary/aromatic N) is 2. The van der Waals surface area contributed by atoms with Crippen molar-refractivity contribution in [3.05, 3.63) is 47.3 Å². The van der Waals surface area contributed by atoms with E-state index in [-0.39, 0.29) is 11.4 Å². The Morgan fingerprint density at radius 1 is 1.05 bits per heavy atom. The fourth-order valence-corrected chi connectivity index (χ4v) is 2.06. The summed E-state index contributed by atoms with van der Waals surface area (Å²) >= 11 is 0. The van der Waals surface area contributed by atoms with Crippen molar-refractivity contribution in [3.63, 3.8) is 0 Å². The van der Waals surface area contributed by atoms with Gasteiger partial charge in [0.1, 0.15) is 0 Å². The monoisotopic (exact) mass is 298 g/mol. The van der Waals surface area contributed by atoms with Crippen LogP contribution in [0, 0.1) is 13.8 Å². The molecule has 0 radical (unpaired) electrons. The van der Waals surface area contributed by atoms with Gasteiger partial charge < -0.3 is 10.6 Å². The molecular formula is C17H22N4O. The standard InChI is InChI=1S/C17H22N4O/c1-11-9-12(2)19-16(18-11)20-14-8-6-7-13(10-14)15(22)21-17(3,4)5/h6-10H,1-5H3,(H,21,22)(H,18,19,20). The van der Waals surface area contributed by atoms with E-state index in [0.717, 1.165) is 17.1 Å². The fourth-order valence-electron chi connectivity index (χ4n) is 2.06. The third kappa shape index (κ3) is 4.55. The van der Waals surface area contributed by atoms with E-state index in [9.17, 15) is 4.79 Å². The molecule has 1 heterocycles. The van der Waals surface area contributed by atoms with Gasteiger partial charge in [0.2, 0.25) is 5.95 Å². The first-order chi connectivity index (χ1) is 10.2. The quantitative estimate of drug-likeness (QED) is 0.911. The summed E-state index contributed by atoms with van der Waals surface area (Å²) in [5, 5.41) is 6.09. The van der Waals surface area contributed by atoms with Crippen LogP contribution in [0.2, 0.25) is 0 Å². The molecule has 0 saturated heterocycles. The normalized spacial score (nSPS) is 11.1. The van der Waals surface area contributed by atoms with Crippen molar-refractivity contribution in [2.45, 2.75) is 40.2 Å². The lowest BCUT2D eigenvalue weighted by Gasteiger charge is -2.20. The summed E-state index contributed by atoms with van der Waals surface area (Å²) in [7, 11) is 0. The zero-order valence-electron chi connectivity index (χ0n) is 13.7. The average Bonchev–Trinajstić information content (AvgIpc) is 2.35. The van der Waals surface area contributed by atoms with Gasteiger partial charge in [-0.25, -0.2) is 9.97 Å². The molecule has 2 aromatic rings. The molecule has 116 valence electrons. The second-order valence-electron chi connectivity index (χ2n) is 6.38. The van der Waals surface area contributed by atoms with Gasteiger partial charge in [-0.15, -0.1) is 0 Å². The van der Waals surface area contributed by atoms with E-state index in [2.05, 4.69) is 20.6 Å². The van der Waals surface area contributed by atoms with Crippen molar-refractivity contribution >= 4 is 17.5 Å². The molecule has 2 rings (SSSR count). The molecule has 1 aromatic heterocycles. The molecule has 0 fully saturated rings. The van der Waals surface area contributed by atoms with Crippen LogP contribution < -0.4 is 10.6 Å². The molecule has 22 heavy (non-hydrogen) atoms. The summed E-state index contributed by atoms with van der Waals surface area (Å²) < 4.78 is 0. The number of hydrogen-bond acceptors (Lipinski definition) is 4. The Hall–Kier alpha value is -2.43. The molecule has 0 saturated carbocycles. The van der Waals surface area contributed by atoms with Crippen LogP contribution in [-0.2, 0) is 0 Å². The highest BCUT2D eigenvalue weighted by atomic mass is 16.1. The molecule has 0 aliphatic heterocycles. The highest BCUT2D eigenvalue weighted by molar-refractivity contribution is 5.95. The molecular weight excluding hydrogens is 276 g/mol. The van der Waals surface area contributed by atoms with E-state index in [1.165, 1.54) is 0 Å². The Morgan fingerprint density at radius 3 is 2.27 bits per heavy atom. The third-order valence-electron chi connectivity index (χ3n) is 2.85. The number of aryl methyl sites for hydroxylation is 2. The lowest BCUT2D eigenvalue weighted by Crippen LogP contribution is -2.40.